The zero-order chi connectivity index (χ0) is 12.8. The van der Waals surface area contributed by atoms with Crippen LogP contribution in [0.5, 0.6) is 0 Å². The van der Waals surface area contributed by atoms with E-state index in [1.165, 1.54) is 16.7 Å². The Balaban J connectivity index is 1.95. The summed E-state index contributed by atoms with van der Waals surface area (Å²) in [7, 11) is -3.55. The molecule has 2 aliphatic rings. The number of rotatable bonds is 2. The summed E-state index contributed by atoms with van der Waals surface area (Å²) in [5, 5.41) is 8.92. The number of sulfonamides is 1. The Morgan fingerprint density at radius 3 is 3.00 bits per heavy atom. The van der Waals surface area contributed by atoms with E-state index < -0.39 is 10.0 Å². The van der Waals surface area contributed by atoms with E-state index in [1.807, 2.05) is 0 Å². The van der Waals surface area contributed by atoms with E-state index in [0.717, 1.165) is 6.42 Å². The number of fused-ring (bicyclic) bond motifs is 1. The van der Waals surface area contributed by atoms with Gasteiger partial charge in [-0.2, -0.15) is 9.40 Å². The minimum absolute atomic E-state index is 0.0351. The molecule has 0 aliphatic carbocycles. The standard InChI is InChI=1S/C10H14N4O3S/c15-10-8-2-1-3-14(9(8)6-11-10)18(16,17)7-4-12-13-5-7/h4-5,8-9H,1-3,6H2,(H,11,15)(H,12,13). The summed E-state index contributed by atoms with van der Waals surface area (Å²) in [4.78, 5) is 11.8. The molecule has 2 saturated heterocycles. The molecule has 2 fully saturated rings. The molecule has 0 saturated carbocycles. The minimum Gasteiger partial charge on any atom is -0.354 e. The van der Waals surface area contributed by atoms with Crippen LogP contribution in [0.2, 0.25) is 0 Å². The number of carbonyl (C=O) groups is 1. The highest BCUT2D eigenvalue weighted by atomic mass is 32.2. The van der Waals surface area contributed by atoms with Crippen molar-refractivity contribution in [3.8, 4) is 0 Å². The van der Waals surface area contributed by atoms with Gasteiger partial charge in [0.25, 0.3) is 0 Å². The molecule has 7 nitrogen and oxygen atoms in total. The summed E-state index contributed by atoms with van der Waals surface area (Å²) in [6.45, 7) is 0.865. The van der Waals surface area contributed by atoms with Gasteiger partial charge in [0.1, 0.15) is 4.90 Å². The van der Waals surface area contributed by atoms with E-state index in [-0.39, 0.29) is 22.8 Å². The van der Waals surface area contributed by atoms with Crippen LogP contribution in [0.1, 0.15) is 12.8 Å². The van der Waals surface area contributed by atoms with Crippen molar-refractivity contribution in [3.63, 3.8) is 0 Å². The van der Waals surface area contributed by atoms with Crippen LogP contribution in [-0.4, -0.2) is 48.0 Å². The highest BCUT2D eigenvalue weighted by Gasteiger charge is 2.45. The number of hydrogen-bond donors (Lipinski definition) is 2. The summed E-state index contributed by atoms with van der Waals surface area (Å²) in [5.41, 5.74) is 0. The van der Waals surface area contributed by atoms with Crippen LogP contribution < -0.4 is 5.32 Å². The molecule has 2 N–H and O–H groups in total. The second-order valence-electron chi connectivity index (χ2n) is 4.61. The fourth-order valence-corrected chi connectivity index (χ4v) is 4.33. The largest absolute Gasteiger partial charge is 0.354 e. The monoisotopic (exact) mass is 270 g/mol. The summed E-state index contributed by atoms with van der Waals surface area (Å²) < 4.78 is 26.3. The molecule has 3 rings (SSSR count). The number of nitrogens with zero attached hydrogens (tertiary/aromatic N) is 2. The predicted molar refractivity (Wildman–Crippen MR) is 62.0 cm³/mol. The van der Waals surface area contributed by atoms with Gasteiger partial charge in [-0.05, 0) is 12.8 Å². The van der Waals surface area contributed by atoms with E-state index in [2.05, 4.69) is 15.5 Å². The van der Waals surface area contributed by atoms with E-state index in [4.69, 9.17) is 0 Å². The Kier molecular flexibility index (Phi) is 2.63. The van der Waals surface area contributed by atoms with Gasteiger partial charge in [-0.1, -0.05) is 0 Å². The maximum absolute atomic E-state index is 12.4. The van der Waals surface area contributed by atoms with Crippen molar-refractivity contribution in [1.29, 1.82) is 0 Å². The first-order valence-corrected chi connectivity index (χ1v) is 7.33. The van der Waals surface area contributed by atoms with E-state index in [0.29, 0.717) is 19.5 Å². The highest BCUT2D eigenvalue weighted by molar-refractivity contribution is 7.89. The molecule has 0 spiro atoms. The van der Waals surface area contributed by atoms with Gasteiger partial charge in [0, 0.05) is 19.3 Å². The summed E-state index contributed by atoms with van der Waals surface area (Å²) in [6.07, 6.45) is 4.13. The molecule has 8 heteroatoms. The van der Waals surface area contributed by atoms with Gasteiger partial charge in [0.05, 0.1) is 18.2 Å². The van der Waals surface area contributed by atoms with Crippen LogP contribution in [0.4, 0.5) is 0 Å². The maximum Gasteiger partial charge on any atom is 0.246 e. The molecule has 3 heterocycles. The quantitative estimate of drug-likeness (QED) is 0.743. The number of aromatic nitrogens is 2. The number of amides is 1. The van der Waals surface area contributed by atoms with Crippen molar-refractivity contribution in [2.24, 2.45) is 5.92 Å². The second kappa shape index (κ2) is 4.06. The molecule has 1 amide bonds. The van der Waals surface area contributed by atoms with Crippen molar-refractivity contribution in [3.05, 3.63) is 12.4 Å². The topological polar surface area (TPSA) is 95.2 Å². The van der Waals surface area contributed by atoms with E-state index >= 15 is 0 Å². The predicted octanol–water partition coefficient (Wildman–Crippen LogP) is -0.691. The molecular weight excluding hydrogens is 256 g/mol. The first-order valence-electron chi connectivity index (χ1n) is 5.89. The average molecular weight is 270 g/mol. The average Bonchev–Trinajstić information content (AvgIpc) is 2.99. The summed E-state index contributed by atoms with van der Waals surface area (Å²) in [6, 6.07) is -0.258. The van der Waals surface area contributed by atoms with Crippen molar-refractivity contribution >= 4 is 15.9 Å². The highest BCUT2D eigenvalue weighted by Crippen LogP contribution is 2.31. The lowest BCUT2D eigenvalue weighted by Gasteiger charge is -2.34. The van der Waals surface area contributed by atoms with Crippen molar-refractivity contribution < 1.29 is 13.2 Å². The number of hydrogen-bond acceptors (Lipinski definition) is 4. The summed E-state index contributed by atoms with van der Waals surface area (Å²) in [5.74, 6) is -0.243. The lowest BCUT2D eigenvalue weighted by atomic mass is 9.93. The first-order chi connectivity index (χ1) is 8.60. The van der Waals surface area contributed by atoms with Gasteiger partial charge >= 0.3 is 0 Å². The molecule has 0 bridgehead atoms. The molecule has 2 atom stereocenters. The number of aromatic amines is 1. The zero-order valence-electron chi connectivity index (χ0n) is 9.67. The third kappa shape index (κ3) is 1.64. The molecule has 2 unspecified atom stereocenters. The lowest BCUT2D eigenvalue weighted by molar-refractivity contribution is -0.123. The minimum atomic E-state index is -3.55. The van der Waals surface area contributed by atoms with Gasteiger partial charge in [0.15, 0.2) is 0 Å². The summed E-state index contributed by atoms with van der Waals surface area (Å²) >= 11 is 0. The Morgan fingerprint density at radius 2 is 2.28 bits per heavy atom. The Labute approximate surface area is 105 Å². The molecule has 0 radical (unpaired) electrons. The smallest absolute Gasteiger partial charge is 0.246 e. The molecular formula is C10H14N4O3S. The van der Waals surface area contributed by atoms with Crippen LogP contribution in [0.25, 0.3) is 0 Å². The van der Waals surface area contributed by atoms with Gasteiger partial charge in [-0.25, -0.2) is 8.42 Å². The van der Waals surface area contributed by atoms with Crippen LogP contribution >= 0.6 is 0 Å². The Bertz CT molecular complexity index is 554. The van der Waals surface area contributed by atoms with Crippen molar-refractivity contribution in [2.75, 3.05) is 13.1 Å². The van der Waals surface area contributed by atoms with E-state index in [1.54, 1.807) is 0 Å². The lowest BCUT2D eigenvalue weighted by Crippen LogP contribution is -2.48. The molecule has 1 aromatic heterocycles. The number of nitrogens with one attached hydrogen (secondary N) is 2. The van der Waals surface area contributed by atoms with Crippen LogP contribution in [0.3, 0.4) is 0 Å². The molecule has 1 aromatic rings. The Hall–Kier alpha value is -1.41. The molecule has 0 aromatic carbocycles. The van der Waals surface area contributed by atoms with E-state index in [9.17, 15) is 13.2 Å². The third-order valence-corrected chi connectivity index (χ3v) is 5.52. The van der Waals surface area contributed by atoms with Gasteiger partial charge in [-0.15, -0.1) is 0 Å². The van der Waals surface area contributed by atoms with Gasteiger partial charge < -0.3 is 5.32 Å². The van der Waals surface area contributed by atoms with Crippen LogP contribution in [0, 0.1) is 5.92 Å². The molecule has 2 aliphatic heterocycles. The van der Waals surface area contributed by atoms with Crippen LogP contribution in [0.15, 0.2) is 17.3 Å². The normalized spacial score (nSPS) is 29.0. The van der Waals surface area contributed by atoms with Crippen LogP contribution in [-0.2, 0) is 14.8 Å². The second-order valence-corrected chi connectivity index (χ2v) is 6.50. The SMILES string of the molecule is O=C1NCC2C1CCCN2S(=O)(=O)c1cn[nH]c1. The fraction of sp³-hybridized carbons (Fsp3) is 0.600. The zero-order valence-corrected chi connectivity index (χ0v) is 10.5. The fourth-order valence-electron chi connectivity index (χ4n) is 2.73. The Morgan fingerprint density at radius 1 is 1.44 bits per heavy atom. The van der Waals surface area contributed by atoms with Gasteiger partial charge in [0.2, 0.25) is 15.9 Å². The number of H-pyrrole nitrogens is 1. The van der Waals surface area contributed by atoms with Crippen molar-refractivity contribution in [1.82, 2.24) is 19.8 Å². The number of piperidine rings is 1. The first kappa shape index (κ1) is 11.7. The van der Waals surface area contributed by atoms with Gasteiger partial charge in [-0.3, -0.25) is 9.89 Å². The number of carbonyl (C=O) groups excluding carboxylic acids is 1. The van der Waals surface area contributed by atoms with Crippen molar-refractivity contribution in [2.45, 2.75) is 23.8 Å². The molecule has 18 heavy (non-hydrogen) atoms. The third-order valence-electron chi connectivity index (χ3n) is 3.63. The maximum atomic E-state index is 12.4. The molecule has 98 valence electrons.